The minimum Gasteiger partial charge on any atom is -0.493 e. The fraction of sp³-hybridized carbons (Fsp3) is 0.429. The number of rotatable bonds is 9. The average Bonchev–Trinajstić information content (AvgIpc) is 3.26. The van der Waals surface area contributed by atoms with Crippen LogP contribution in [0.1, 0.15) is 43.9 Å². The van der Waals surface area contributed by atoms with Gasteiger partial charge in [0.1, 0.15) is 11.6 Å². The molecule has 2 N–H and O–H groups in total. The molecule has 1 aliphatic rings. The summed E-state index contributed by atoms with van der Waals surface area (Å²) in [7, 11) is 0. The maximum absolute atomic E-state index is 10.9. The van der Waals surface area contributed by atoms with Crippen molar-refractivity contribution in [1.29, 1.82) is 0 Å². The fourth-order valence-corrected chi connectivity index (χ4v) is 3.44. The molecule has 0 aliphatic heterocycles. The lowest BCUT2D eigenvalue weighted by Crippen LogP contribution is -2.06. The summed E-state index contributed by atoms with van der Waals surface area (Å²) in [4.78, 5) is 15.5. The largest absolute Gasteiger partial charge is 0.493 e. The van der Waals surface area contributed by atoms with Crippen LogP contribution in [0.15, 0.2) is 42.5 Å². The van der Waals surface area contributed by atoms with E-state index in [1.807, 2.05) is 44.2 Å². The standard InChI is InChI=1S/C21H26N2O3/c1-3-22-19-6-4-5-16(23-19)11-12-26-17-9-7-15(8-10-17)18-13-21(18,2)14-20(24)25/h4-10,18H,3,11-14H2,1-2H3,(H,22,23)(H,24,25). The SMILES string of the molecule is CCNc1cccc(CCOc2ccc(C3CC3(C)CC(=O)O)cc2)n1. The lowest BCUT2D eigenvalue weighted by molar-refractivity contribution is -0.138. The van der Waals surface area contributed by atoms with Gasteiger partial charge in [-0.15, -0.1) is 0 Å². The lowest BCUT2D eigenvalue weighted by Gasteiger charge is -2.10. The van der Waals surface area contributed by atoms with E-state index in [4.69, 9.17) is 9.84 Å². The van der Waals surface area contributed by atoms with Crippen molar-refractivity contribution in [3.05, 3.63) is 53.7 Å². The van der Waals surface area contributed by atoms with Crippen LogP contribution < -0.4 is 10.1 Å². The predicted octanol–water partition coefficient (Wildman–Crippen LogP) is 4.10. The molecule has 1 saturated carbocycles. The van der Waals surface area contributed by atoms with Crippen LogP contribution in [-0.4, -0.2) is 29.2 Å². The number of anilines is 1. The van der Waals surface area contributed by atoms with Gasteiger partial charge in [0, 0.05) is 18.7 Å². The molecular formula is C21H26N2O3. The maximum atomic E-state index is 10.9. The summed E-state index contributed by atoms with van der Waals surface area (Å²) in [5.41, 5.74) is 2.10. The van der Waals surface area contributed by atoms with Crippen LogP contribution in [0, 0.1) is 5.41 Å². The molecule has 5 heteroatoms. The van der Waals surface area contributed by atoms with Gasteiger partial charge in [-0.05, 0) is 54.5 Å². The Bertz CT molecular complexity index is 760. The topological polar surface area (TPSA) is 71.5 Å². The molecule has 1 aliphatic carbocycles. The summed E-state index contributed by atoms with van der Waals surface area (Å²) in [6, 6.07) is 14.0. The minimum atomic E-state index is -0.721. The van der Waals surface area contributed by atoms with Gasteiger partial charge in [0.2, 0.25) is 0 Å². The normalized spacial score (nSPS) is 21.2. The highest BCUT2D eigenvalue weighted by molar-refractivity contribution is 5.68. The number of benzene rings is 1. The first-order valence-corrected chi connectivity index (χ1v) is 9.14. The van der Waals surface area contributed by atoms with E-state index in [2.05, 4.69) is 22.4 Å². The highest BCUT2D eigenvalue weighted by atomic mass is 16.5. The van der Waals surface area contributed by atoms with Crippen LogP contribution in [0.3, 0.4) is 0 Å². The van der Waals surface area contributed by atoms with Crippen molar-refractivity contribution in [3.63, 3.8) is 0 Å². The molecule has 5 nitrogen and oxygen atoms in total. The number of hydrogen-bond acceptors (Lipinski definition) is 4. The molecule has 2 aromatic rings. The molecule has 138 valence electrons. The Balaban J connectivity index is 1.49. The molecule has 0 amide bonds. The predicted molar refractivity (Wildman–Crippen MR) is 102 cm³/mol. The molecule has 2 unspecified atom stereocenters. The molecule has 1 fully saturated rings. The maximum Gasteiger partial charge on any atom is 0.303 e. The van der Waals surface area contributed by atoms with Crippen LogP contribution in [0.25, 0.3) is 0 Å². The Labute approximate surface area is 154 Å². The number of nitrogens with zero attached hydrogens (tertiary/aromatic N) is 1. The van der Waals surface area contributed by atoms with E-state index in [-0.39, 0.29) is 11.8 Å². The Morgan fingerprint density at radius 1 is 1.31 bits per heavy atom. The number of carbonyl (C=O) groups is 1. The van der Waals surface area contributed by atoms with Gasteiger partial charge in [0.15, 0.2) is 0 Å². The molecule has 1 aromatic heterocycles. The third-order valence-electron chi connectivity index (χ3n) is 4.98. The second kappa shape index (κ2) is 7.77. The molecule has 2 atom stereocenters. The lowest BCUT2D eigenvalue weighted by atomic mass is 9.98. The summed E-state index contributed by atoms with van der Waals surface area (Å²) >= 11 is 0. The molecule has 1 aromatic carbocycles. The van der Waals surface area contributed by atoms with Crippen LogP contribution in [-0.2, 0) is 11.2 Å². The molecule has 0 radical (unpaired) electrons. The summed E-state index contributed by atoms with van der Waals surface area (Å²) in [5, 5.41) is 12.2. The van der Waals surface area contributed by atoms with Crippen molar-refractivity contribution in [2.75, 3.05) is 18.5 Å². The molecule has 0 bridgehead atoms. The second-order valence-corrected chi connectivity index (χ2v) is 7.19. The van der Waals surface area contributed by atoms with Crippen molar-refractivity contribution in [3.8, 4) is 5.75 Å². The first kappa shape index (κ1) is 18.2. The zero-order valence-corrected chi connectivity index (χ0v) is 15.4. The van der Waals surface area contributed by atoms with Gasteiger partial charge in [0.05, 0.1) is 13.0 Å². The van der Waals surface area contributed by atoms with Crippen LogP contribution in [0.2, 0.25) is 0 Å². The molecule has 1 heterocycles. The first-order chi connectivity index (χ1) is 12.5. The van der Waals surface area contributed by atoms with Crippen LogP contribution >= 0.6 is 0 Å². The van der Waals surface area contributed by atoms with E-state index >= 15 is 0 Å². The number of nitrogens with one attached hydrogen (secondary N) is 1. The number of pyridine rings is 1. The zero-order chi connectivity index (χ0) is 18.6. The van der Waals surface area contributed by atoms with Gasteiger partial charge in [-0.1, -0.05) is 25.1 Å². The highest BCUT2D eigenvalue weighted by Gasteiger charge is 2.51. The quantitative estimate of drug-likeness (QED) is 0.709. The summed E-state index contributed by atoms with van der Waals surface area (Å²) in [6.07, 6.45) is 1.92. The Kier molecular flexibility index (Phi) is 5.45. The first-order valence-electron chi connectivity index (χ1n) is 9.14. The van der Waals surface area contributed by atoms with Crippen LogP contribution in [0.4, 0.5) is 5.82 Å². The summed E-state index contributed by atoms with van der Waals surface area (Å²) in [5.74, 6) is 1.34. The second-order valence-electron chi connectivity index (χ2n) is 7.19. The average molecular weight is 354 g/mol. The van der Waals surface area contributed by atoms with E-state index in [0.29, 0.717) is 12.5 Å². The van der Waals surface area contributed by atoms with Crippen molar-refractivity contribution in [2.45, 2.75) is 39.0 Å². The van der Waals surface area contributed by atoms with Gasteiger partial charge in [0.25, 0.3) is 0 Å². The van der Waals surface area contributed by atoms with Crippen molar-refractivity contribution in [1.82, 2.24) is 4.98 Å². The number of carboxylic acids is 1. The number of hydrogen-bond donors (Lipinski definition) is 2. The zero-order valence-electron chi connectivity index (χ0n) is 15.4. The molecule has 3 rings (SSSR count). The monoisotopic (exact) mass is 354 g/mol. The van der Waals surface area contributed by atoms with Crippen molar-refractivity contribution < 1.29 is 14.6 Å². The van der Waals surface area contributed by atoms with E-state index in [1.54, 1.807) is 0 Å². The van der Waals surface area contributed by atoms with Crippen LogP contribution in [0.5, 0.6) is 5.75 Å². The number of ether oxygens (including phenoxy) is 1. The Hall–Kier alpha value is -2.56. The van der Waals surface area contributed by atoms with Gasteiger partial charge in [-0.25, -0.2) is 4.98 Å². The third kappa shape index (κ3) is 4.54. The van der Waals surface area contributed by atoms with Crippen molar-refractivity contribution in [2.24, 2.45) is 5.41 Å². The third-order valence-corrected chi connectivity index (χ3v) is 4.98. The molecule has 0 saturated heterocycles. The van der Waals surface area contributed by atoms with Gasteiger partial charge >= 0.3 is 5.97 Å². The fourth-order valence-electron chi connectivity index (χ4n) is 3.44. The number of aromatic nitrogens is 1. The number of carboxylic acid groups (broad SMARTS) is 1. The Morgan fingerprint density at radius 2 is 2.08 bits per heavy atom. The van der Waals surface area contributed by atoms with E-state index < -0.39 is 5.97 Å². The number of aliphatic carboxylic acids is 1. The van der Waals surface area contributed by atoms with Gasteiger partial charge in [-0.2, -0.15) is 0 Å². The Morgan fingerprint density at radius 3 is 2.77 bits per heavy atom. The van der Waals surface area contributed by atoms with Gasteiger partial charge < -0.3 is 15.2 Å². The molecule has 0 spiro atoms. The summed E-state index contributed by atoms with van der Waals surface area (Å²) < 4.78 is 5.83. The molecule has 26 heavy (non-hydrogen) atoms. The molecular weight excluding hydrogens is 328 g/mol. The van der Waals surface area contributed by atoms with E-state index in [0.717, 1.165) is 36.6 Å². The highest BCUT2D eigenvalue weighted by Crippen LogP contribution is 2.61. The van der Waals surface area contributed by atoms with Gasteiger partial charge in [-0.3, -0.25) is 4.79 Å². The van der Waals surface area contributed by atoms with E-state index in [1.165, 1.54) is 5.56 Å². The smallest absolute Gasteiger partial charge is 0.303 e. The summed E-state index contributed by atoms with van der Waals surface area (Å²) in [6.45, 7) is 5.52. The van der Waals surface area contributed by atoms with E-state index in [9.17, 15) is 4.79 Å². The minimum absolute atomic E-state index is 0.0998. The van der Waals surface area contributed by atoms with Crippen molar-refractivity contribution >= 4 is 11.8 Å².